The lowest BCUT2D eigenvalue weighted by Gasteiger charge is -2.32. The first-order valence-corrected chi connectivity index (χ1v) is 12.7. The lowest BCUT2D eigenvalue weighted by atomic mass is 9.83. The summed E-state index contributed by atoms with van der Waals surface area (Å²) >= 11 is 0. The number of imidazole rings is 1. The van der Waals surface area contributed by atoms with Gasteiger partial charge in [-0.15, -0.1) is 0 Å². The number of fused-ring (bicyclic) bond motifs is 1. The summed E-state index contributed by atoms with van der Waals surface area (Å²) in [6, 6.07) is 11.7. The Morgan fingerprint density at radius 2 is 1.56 bits per heavy atom. The number of hydrogen-bond donors (Lipinski definition) is 3. The number of carbonyl (C=O) groups is 2. The maximum atomic E-state index is 14.5. The van der Waals surface area contributed by atoms with E-state index in [1.54, 1.807) is 0 Å². The number of aromatic carboxylic acids is 1. The number of aliphatic hydroxyl groups is 1. The van der Waals surface area contributed by atoms with E-state index in [1.165, 1.54) is 53.1 Å². The molecule has 10 heteroatoms. The van der Waals surface area contributed by atoms with Crippen LogP contribution in [0.5, 0.6) is 0 Å². The highest BCUT2D eigenvalue weighted by molar-refractivity contribution is 5.96. The molecule has 1 heterocycles. The Balaban J connectivity index is 1.64. The fourth-order valence-corrected chi connectivity index (χ4v) is 5.29. The zero-order valence-corrected chi connectivity index (χ0v) is 20.8. The Bertz CT molecular complexity index is 1510. The van der Waals surface area contributed by atoms with Gasteiger partial charge in [0.1, 0.15) is 23.8 Å². The van der Waals surface area contributed by atoms with E-state index >= 15 is 0 Å². The van der Waals surface area contributed by atoms with Crippen LogP contribution in [-0.2, 0) is 4.79 Å². The third-order valence-corrected chi connectivity index (χ3v) is 7.23. The van der Waals surface area contributed by atoms with Gasteiger partial charge in [-0.2, -0.15) is 0 Å². The van der Waals surface area contributed by atoms with Gasteiger partial charge in [0.05, 0.1) is 16.6 Å². The minimum absolute atomic E-state index is 0.00597. The van der Waals surface area contributed by atoms with Gasteiger partial charge in [-0.3, -0.25) is 4.79 Å². The second-order valence-corrected chi connectivity index (χ2v) is 9.76. The minimum Gasteiger partial charge on any atom is -0.478 e. The number of carbonyl (C=O) groups excluding carboxylic acids is 1. The van der Waals surface area contributed by atoms with Crippen LogP contribution in [0.1, 0.15) is 66.0 Å². The van der Waals surface area contributed by atoms with Crippen molar-refractivity contribution in [2.45, 2.75) is 44.2 Å². The molecule has 3 aromatic carbocycles. The summed E-state index contributed by atoms with van der Waals surface area (Å²) in [7, 11) is 0. The Morgan fingerprint density at radius 1 is 0.923 bits per heavy atom. The summed E-state index contributed by atoms with van der Waals surface area (Å²) < 4.78 is 43.7. The first-order valence-electron chi connectivity index (χ1n) is 12.7. The van der Waals surface area contributed by atoms with Crippen molar-refractivity contribution in [3.05, 3.63) is 95.1 Å². The first-order chi connectivity index (χ1) is 18.7. The summed E-state index contributed by atoms with van der Waals surface area (Å²) in [5.41, 5.74) is 0.898. The van der Waals surface area contributed by atoms with Crippen LogP contribution in [-0.4, -0.2) is 31.6 Å². The summed E-state index contributed by atoms with van der Waals surface area (Å²) in [5, 5.41) is 23.3. The van der Waals surface area contributed by atoms with Crippen LogP contribution in [0.3, 0.4) is 0 Å². The molecule has 39 heavy (non-hydrogen) atoms. The molecule has 3 N–H and O–H groups in total. The fraction of sp³-hybridized carbons (Fsp3) is 0.276. The van der Waals surface area contributed by atoms with Gasteiger partial charge in [0.25, 0.3) is 0 Å². The molecule has 0 radical (unpaired) electrons. The Kier molecular flexibility index (Phi) is 7.38. The summed E-state index contributed by atoms with van der Waals surface area (Å²) in [6.07, 6.45) is 2.69. The zero-order chi connectivity index (χ0) is 27.7. The number of nitrogens with one attached hydrogen (secondary N) is 1. The largest absolute Gasteiger partial charge is 0.478 e. The molecule has 5 rings (SSSR count). The summed E-state index contributed by atoms with van der Waals surface area (Å²) in [5.74, 6) is -4.54. The molecule has 4 aromatic rings. The second-order valence-electron chi connectivity index (χ2n) is 9.76. The van der Waals surface area contributed by atoms with E-state index in [1.807, 2.05) is 0 Å². The van der Waals surface area contributed by atoms with E-state index in [0.717, 1.165) is 31.4 Å². The number of aliphatic hydroxyl groups excluding tert-OH is 1. The smallest absolute Gasteiger partial charge is 0.335 e. The lowest BCUT2D eigenvalue weighted by molar-refractivity contribution is -0.121. The van der Waals surface area contributed by atoms with Crippen molar-refractivity contribution in [2.24, 2.45) is 5.92 Å². The third kappa shape index (κ3) is 5.37. The molecule has 1 aromatic heterocycles. The quantitative estimate of drug-likeness (QED) is 0.269. The highest BCUT2D eigenvalue weighted by Gasteiger charge is 2.36. The predicted octanol–water partition coefficient (Wildman–Crippen LogP) is 5.99. The van der Waals surface area contributed by atoms with Gasteiger partial charge in [0.15, 0.2) is 11.6 Å². The third-order valence-electron chi connectivity index (χ3n) is 7.23. The molecule has 2 unspecified atom stereocenters. The molecule has 1 fully saturated rings. The van der Waals surface area contributed by atoms with Crippen LogP contribution in [0, 0.1) is 23.4 Å². The SMILES string of the molecule is O=C(O)c1ccc(NC(=O)C(C2CCCCC2)n2c(C(O)c3ccc(F)cc3)nc3cc(F)c(F)cc32)cc1. The van der Waals surface area contributed by atoms with E-state index in [4.69, 9.17) is 0 Å². The monoisotopic (exact) mass is 537 g/mol. The molecule has 0 saturated heterocycles. The Hall–Kier alpha value is -4.18. The molecule has 7 nitrogen and oxygen atoms in total. The number of hydrogen-bond acceptors (Lipinski definition) is 4. The maximum Gasteiger partial charge on any atom is 0.335 e. The topological polar surface area (TPSA) is 104 Å². The van der Waals surface area contributed by atoms with Gasteiger partial charge < -0.3 is 20.1 Å². The molecule has 1 aliphatic carbocycles. The average Bonchev–Trinajstić information content (AvgIpc) is 3.27. The van der Waals surface area contributed by atoms with Gasteiger partial charge in [-0.05, 0) is 60.7 Å². The van der Waals surface area contributed by atoms with Crippen LogP contribution in [0.4, 0.5) is 18.9 Å². The van der Waals surface area contributed by atoms with Crippen LogP contribution in [0.15, 0.2) is 60.7 Å². The number of anilines is 1. The second kappa shape index (κ2) is 10.9. The number of halogens is 3. The number of carboxylic acid groups (broad SMARTS) is 1. The molecular formula is C29H26F3N3O4. The Morgan fingerprint density at radius 3 is 2.21 bits per heavy atom. The van der Waals surface area contributed by atoms with Gasteiger partial charge in [0, 0.05) is 17.8 Å². The molecule has 1 amide bonds. The number of carboxylic acids is 1. The van der Waals surface area contributed by atoms with Crippen LogP contribution >= 0.6 is 0 Å². The zero-order valence-electron chi connectivity index (χ0n) is 20.8. The normalized spacial score (nSPS) is 15.7. The van der Waals surface area contributed by atoms with Crippen LogP contribution in [0.2, 0.25) is 0 Å². The van der Waals surface area contributed by atoms with E-state index in [9.17, 15) is 33.0 Å². The van der Waals surface area contributed by atoms with E-state index < -0.39 is 41.5 Å². The van der Waals surface area contributed by atoms with Gasteiger partial charge in [-0.1, -0.05) is 31.4 Å². The van der Waals surface area contributed by atoms with Crippen molar-refractivity contribution in [3.8, 4) is 0 Å². The molecule has 1 aliphatic rings. The van der Waals surface area contributed by atoms with Crippen molar-refractivity contribution in [3.63, 3.8) is 0 Å². The predicted molar refractivity (Wildman–Crippen MR) is 138 cm³/mol. The number of amides is 1. The van der Waals surface area contributed by atoms with Gasteiger partial charge in [-0.25, -0.2) is 22.9 Å². The molecule has 202 valence electrons. The summed E-state index contributed by atoms with van der Waals surface area (Å²) in [4.78, 5) is 29.5. The molecule has 0 bridgehead atoms. The molecule has 0 spiro atoms. The summed E-state index contributed by atoms with van der Waals surface area (Å²) in [6.45, 7) is 0. The number of aromatic nitrogens is 2. The minimum atomic E-state index is -1.42. The molecule has 1 saturated carbocycles. The van der Waals surface area contributed by atoms with Crippen LogP contribution < -0.4 is 5.32 Å². The maximum absolute atomic E-state index is 14.5. The van der Waals surface area contributed by atoms with Crippen molar-refractivity contribution in [2.75, 3.05) is 5.32 Å². The number of rotatable bonds is 7. The van der Waals surface area contributed by atoms with Gasteiger partial charge in [0.2, 0.25) is 5.91 Å². The van der Waals surface area contributed by atoms with Crippen molar-refractivity contribution < 1.29 is 33.0 Å². The number of nitrogens with zero attached hydrogens (tertiary/aromatic N) is 2. The van der Waals surface area contributed by atoms with Crippen molar-refractivity contribution >= 4 is 28.6 Å². The Labute approximate surface area is 221 Å². The molecule has 0 aliphatic heterocycles. The van der Waals surface area contributed by atoms with E-state index in [0.29, 0.717) is 24.1 Å². The number of benzene rings is 3. The molecular weight excluding hydrogens is 511 g/mol. The fourth-order valence-electron chi connectivity index (χ4n) is 5.29. The van der Waals surface area contributed by atoms with Crippen molar-refractivity contribution in [1.29, 1.82) is 0 Å². The highest BCUT2D eigenvalue weighted by Crippen LogP contribution is 2.39. The standard InChI is InChI=1S/C29H26F3N3O4/c30-19-10-6-17(7-11-19)26(36)27-34-23-14-21(31)22(32)15-24(23)35(27)25(16-4-2-1-3-5-16)28(37)33-20-12-8-18(9-13-20)29(38)39/h6-16,25-26,36H,1-5H2,(H,33,37)(H,38,39). The first kappa shape index (κ1) is 26.4. The van der Waals surface area contributed by atoms with E-state index in [-0.39, 0.29) is 28.3 Å². The van der Waals surface area contributed by atoms with Gasteiger partial charge >= 0.3 is 5.97 Å². The average molecular weight is 538 g/mol. The van der Waals surface area contributed by atoms with E-state index in [2.05, 4.69) is 10.3 Å². The van der Waals surface area contributed by atoms with Crippen molar-refractivity contribution in [1.82, 2.24) is 9.55 Å². The van der Waals surface area contributed by atoms with Crippen LogP contribution in [0.25, 0.3) is 11.0 Å². The molecule has 2 atom stereocenters. The highest BCUT2D eigenvalue weighted by atomic mass is 19.2. The lowest BCUT2D eigenvalue weighted by Crippen LogP contribution is -2.34.